The lowest BCUT2D eigenvalue weighted by Gasteiger charge is -2.29. The Bertz CT molecular complexity index is 1260. The zero-order valence-electron chi connectivity index (χ0n) is 20.4. The van der Waals surface area contributed by atoms with Gasteiger partial charge in [-0.3, -0.25) is 14.5 Å². The van der Waals surface area contributed by atoms with Gasteiger partial charge in [0.05, 0.1) is 27.4 Å². The van der Waals surface area contributed by atoms with Gasteiger partial charge in [-0.25, -0.2) is 0 Å². The fraction of sp³-hybridized carbons (Fsp3) is 0.241. The fourth-order valence-electron chi connectivity index (χ4n) is 3.92. The van der Waals surface area contributed by atoms with Gasteiger partial charge in [-0.15, -0.1) is 0 Å². The Kier molecular flexibility index (Phi) is 7.20. The average Bonchev–Trinajstić information content (AvgIpc) is 2.88. The molecule has 0 bridgehead atoms. The van der Waals surface area contributed by atoms with Crippen LogP contribution in [0.1, 0.15) is 40.9 Å². The van der Waals surface area contributed by atoms with E-state index in [1.54, 1.807) is 38.5 Å². The number of imide groups is 1. The van der Waals surface area contributed by atoms with Crippen molar-refractivity contribution in [1.82, 2.24) is 4.90 Å². The molecule has 3 aromatic rings. The zero-order chi connectivity index (χ0) is 24.9. The third kappa shape index (κ3) is 5.22. The van der Waals surface area contributed by atoms with E-state index in [4.69, 9.17) is 14.2 Å². The topological polar surface area (TPSA) is 65.1 Å². The standard InChI is InChI=1S/C29H29NO5/c1-19(2)18-35-26-14-11-21(16-27(26)34-4)15-25-23-7-5-6-8-24(23)28(31)30(29(25)32)17-20-9-12-22(33-3)13-10-20/h5-16,19H,17-18H2,1-4H3/b25-15+. The summed E-state index contributed by atoms with van der Waals surface area (Å²) < 4.78 is 16.6. The summed E-state index contributed by atoms with van der Waals surface area (Å²) in [7, 11) is 3.18. The van der Waals surface area contributed by atoms with E-state index in [-0.39, 0.29) is 18.4 Å². The van der Waals surface area contributed by atoms with Gasteiger partial charge in [0.25, 0.3) is 11.8 Å². The Morgan fingerprint density at radius 1 is 0.829 bits per heavy atom. The Hall–Kier alpha value is -4.06. The van der Waals surface area contributed by atoms with Crippen LogP contribution in [0.3, 0.4) is 0 Å². The maximum atomic E-state index is 13.6. The van der Waals surface area contributed by atoms with E-state index < -0.39 is 0 Å². The minimum atomic E-state index is -0.344. The summed E-state index contributed by atoms with van der Waals surface area (Å²) in [5.74, 6) is 1.67. The second-order valence-electron chi connectivity index (χ2n) is 8.76. The second-order valence-corrected chi connectivity index (χ2v) is 8.76. The molecule has 6 heteroatoms. The third-order valence-electron chi connectivity index (χ3n) is 5.74. The number of carbonyl (C=O) groups excluding carboxylic acids is 2. The van der Waals surface area contributed by atoms with Crippen LogP contribution in [0.25, 0.3) is 11.6 Å². The highest BCUT2D eigenvalue weighted by Crippen LogP contribution is 2.34. The normalized spacial score (nSPS) is 14.3. The first-order valence-corrected chi connectivity index (χ1v) is 11.5. The molecule has 0 unspecified atom stereocenters. The SMILES string of the molecule is COc1ccc(CN2C(=O)/C(=C/c3ccc(OCC(C)C)c(OC)c3)c3ccccc3C2=O)cc1. The summed E-state index contributed by atoms with van der Waals surface area (Å²) in [6.07, 6.45) is 1.80. The first-order valence-electron chi connectivity index (χ1n) is 11.5. The van der Waals surface area contributed by atoms with Crippen molar-refractivity contribution in [3.8, 4) is 17.2 Å². The van der Waals surface area contributed by atoms with Gasteiger partial charge in [0, 0.05) is 11.1 Å². The van der Waals surface area contributed by atoms with Gasteiger partial charge in [-0.2, -0.15) is 0 Å². The molecule has 2 amide bonds. The van der Waals surface area contributed by atoms with Gasteiger partial charge in [0.1, 0.15) is 5.75 Å². The maximum Gasteiger partial charge on any atom is 0.261 e. The molecule has 0 aliphatic carbocycles. The molecule has 0 N–H and O–H groups in total. The molecule has 1 aliphatic rings. The van der Waals surface area contributed by atoms with Crippen molar-refractivity contribution in [2.45, 2.75) is 20.4 Å². The molecule has 4 rings (SSSR count). The van der Waals surface area contributed by atoms with Crippen LogP contribution in [-0.2, 0) is 11.3 Å². The number of rotatable bonds is 8. The van der Waals surface area contributed by atoms with Crippen molar-refractivity contribution in [2.75, 3.05) is 20.8 Å². The average molecular weight is 472 g/mol. The monoisotopic (exact) mass is 471 g/mol. The van der Waals surface area contributed by atoms with Crippen molar-refractivity contribution >= 4 is 23.5 Å². The number of carbonyl (C=O) groups is 2. The van der Waals surface area contributed by atoms with E-state index >= 15 is 0 Å². The molecule has 0 aromatic heterocycles. The molecule has 0 fully saturated rings. The largest absolute Gasteiger partial charge is 0.497 e. The Morgan fingerprint density at radius 3 is 2.20 bits per heavy atom. The number of hydrogen-bond donors (Lipinski definition) is 0. The number of fused-ring (bicyclic) bond motifs is 1. The van der Waals surface area contributed by atoms with Crippen molar-refractivity contribution < 1.29 is 23.8 Å². The summed E-state index contributed by atoms with van der Waals surface area (Å²) in [5, 5.41) is 0. The Balaban J connectivity index is 1.70. The molecule has 6 nitrogen and oxygen atoms in total. The number of amides is 2. The summed E-state index contributed by atoms with van der Waals surface area (Å²) in [5.41, 5.74) is 3.17. The van der Waals surface area contributed by atoms with Gasteiger partial charge < -0.3 is 14.2 Å². The minimum absolute atomic E-state index is 0.165. The summed E-state index contributed by atoms with van der Waals surface area (Å²) >= 11 is 0. The first-order chi connectivity index (χ1) is 16.9. The second kappa shape index (κ2) is 10.5. The molecular weight excluding hydrogens is 442 g/mol. The van der Waals surface area contributed by atoms with Crippen LogP contribution >= 0.6 is 0 Å². The molecule has 0 atom stereocenters. The molecule has 0 spiro atoms. The van der Waals surface area contributed by atoms with E-state index in [1.165, 1.54) is 4.90 Å². The quantitative estimate of drug-likeness (QED) is 0.322. The van der Waals surface area contributed by atoms with Gasteiger partial charge >= 0.3 is 0 Å². The first kappa shape index (κ1) is 24.1. The van der Waals surface area contributed by atoms with Crippen LogP contribution in [-0.4, -0.2) is 37.5 Å². The molecule has 1 heterocycles. The highest BCUT2D eigenvalue weighted by molar-refractivity contribution is 6.33. The number of hydrogen-bond acceptors (Lipinski definition) is 5. The molecule has 0 radical (unpaired) electrons. The smallest absolute Gasteiger partial charge is 0.261 e. The molecule has 35 heavy (non-hydrogen) atoms. The van der Waals surface area contributed by atoms with Crippen LogP contribution in [0, 0.1) is 5.92 Å². The highest BCUT2D eigenvalue weighted by Gasteiger charge is 2.34. The fourth-order valence-corrected chi connectivity index (χ4v) is 3.92. The summed E-state index contributed by atoms with van der Waals surface area (Å²) in [6, 6.07) is 20.1. The van der Waals surface area contributed by atoms with Crippen molar-refractivity contribution in [2.24, 2.45) is 5.92 Å². The molecule has 180 valence electrons. The molecule has 0 saturated carbocycles. The number of ether oxygens (including phenoxy) is 3. The van der Waals surface area contributed by atoms with Crippen molar-refractivity contribution in [1.29, 1.82) is 0 Å². The molecule has 1 aliphatic heterocycles. The van der Waals surface area contributed by atoms with E-state index in [0.29, 0.717) is 46.5 Å². The third-order valence-corrected chi connectivity index (χ3v) is 5.74. The van der Waals surface area contributed by atoms with E-state index in [0.717, 1.165) is 11.1 Å². The Morgan fingerprint density at radius 2 is 1.54 bits per heavy atom. The number of nitrogens with zero attached hydrogens (tertiary/aromatic N) is 1. The molecule has 0 saturated heterocycles. The van der Waals surface area contributed by atoms with E-state index in [1.807, 2.05) is 48.5 Å². The van der Waals surface area contributed by atoms with Gasteiger partial charge in [0.2, 0.25) is 0 Å². The Labute approximate surface area is 205 Å². The predicted octanol–water partition coefficient (Wildman–Crippen LogP) is 5.46. The molecular formula is C29H29NO5. The van der Waals surface area contributed by atoms with E-state index in [9.17, 15) is 9.59 Å². The highest BCUT2D eigenvalue weighted by atomic mass is 16.5. The van der Waals surface area contributed by atoms with Gasteiger partial charge in [0.15, 0.2) is 11.5 Å². The lowest BCUT2D eigenvalue weighted by Crippen LogP contribution is -2.41. The number of methoxy groups -OCH3 is 2. The van der Waals surface area contributed by atoms with Crippen LogP contribution in [0.5, 0.6) is 17.2 Å². The predicted molar refractivity (Wildman–Crippen MR) is 136 cm³/mol. The summed E-state index contributed by atoms with van der Waals surface area (Å²) in [4.78, 5) is 28.1. The summed E-state index contributed by atoms with van der Waals surface area (Å²) in [6.45, 7) is 4.90. The van der Waals surface area contributed by atoms with E-state index in [2.05, 4.69) is 13.8 Å². The zero-order valence-corrected chi connectivity index (χ0v) is 20.4. The van der Waals surface area contributed by atoms with Crippen LogP contribution < -0.4 is 14.2 Å². The lowest BCUT2D eigenvalue weighted by atomic mass is 9.91. The minimum Gasteiger partial charge on any atom is -0.497 e. The lowest BCUT2D eigenvalue weighted by molar-refractivity contribution is -0.123. The number of benzene rings is 3. The van der Waals surface area contributed by atoms with Gasteiger partial charge in [-0.05, 0) is 59.0 Å². The van der Waals surface area contributed by atoms with Crippen molar-refractivity contribution in [3.05, 3.63) is 89.0 Å². The maximum absolute atomic E-state index is 13.6. The molecule has 3 aromatic carbocycles. The van der Waals surface area contributed by atoms with Crippen molar-refractivity contribution in [3.63, 3.8) is 0 Å². The van der Waals surface area contributed by atoms with Crippen LogP contribution in [0.15, 0.2) is 66.7 Å². The van der Waals surface area contributed by atoms with Crippen LogP contribution in [0.4, 0.5) is 0 Å². The van der Waals surface area contributed by atoms with Crippen LogP contribution in [0.2, 0.25) is 0 Å². The van der Waals surface area contributed by atoms with Gasteiger partial charge in [-0.1, -0.05) is 50.2 Å².